The number of ether oxygens (including phenoxy) is 1. The van der Waals surface area contributed by atoms with Crippen LogP contribution in [0.1, 0.15) is 0 Å². The van der Waals surface area contributed by atoms with Gasteiger partial charge in [-0.05, 0) is 23.8 Å². The lowest BCUT2D eigenvalue weighted by Crippen LogP contribution is -1.89. The third-order valence-corrected chi connectivity index (χ3v) is 3.29. The maximum absolute atomic E-state index is 5.43. The Balaban J connectivity index is 2.07. The first-order chi connectivity index (χ1) is 9.78. The van der Waals surface area contributed by atoms with E-state index in [0.717, 1.165) is 28.1 Å². The van der Waals surface area contributed by atoms with Crippen molar-refractivity contribution in [2.45, 2.75) is 0 Å². The molecule has 3 nitrogen and oxygen atoms in total. The van der Waals surface area contributed by atoms with E-state index < -0.39 is 0 Å². The van der Waals surface area contributed by atoms with Gasteiger partial charge in [-0.1, -0.05) is 36.4 Å². The molecule has 3 aromatic rings. The maximum atomic E-state index is 5.43. The first kappa shape index (κ1) is 12.5. The van der Waals surface area contributed by atoms with Crippen LogP contribution >= 0.6 is 0 Å². The van der Waals surface area contributed by atoms with Crippen LogP contribution in [0, 0.1) is 0 Å². The van der Waals surface area contributed by atoms with Crippen molar-refractivity contribution in [2.75, 3.05) is 7.11 Å². The third-order valence-electron chi connectivity index (χ3n) is 3.29. The van der Waals surface area contributed by atoms with Crippen molar-refractivity contribution < 1.29 is 4.74 Å². The topological polar surface area (TPSA) is 27.1 Å². The summed E-state index contributed by atoms with van der Waals surface area (Å²) in [7, 11) is 3.62. The smallest absolute Gasteiger partial charge is 0.126 e. The molecule has 0 aliphatic carbocycles. The molecule has 0 saturated heterocycles. The molecular formula is C17H16N2O. The van der Waals surface area contributed by atoms with Gasteiger partial charge in [0.25, 0.3) is 0 Å². The fourth-order valence-corrected chi connectivity index (χ4v) is 2.30. The highest BCUT2D eigenvalue weighted by Crippen LogP contribution is 2.31. The van der Waals surface area contributed by atoms with Crippen LogP contribution in [0.5, 0.6) is 5.75 Å². The Morgan fingerprint density at radius 3 is 2.50 bits per heavy atom. The van der Waals surface area contributed by atoms with Crippen molar-refractivity contribution in [1.82, 2.24) is 9.78 Å². The van der Waals surface area contributed by atoms with E-state index in [-0.39, 0.29) is 0 Å². The SMILES string of the molecule is COc1ccccc1-c1cccc(-c2ccn(C)n2)c1. The van der Waals surface area contributed by atoms with Gasteiger partial charge in [0.1, 0.15) is 5.75 Å². The average Bonchev–Trinajstić information content (AvgIpc) is 2.94. The highest BCUT2D eigenvalue weighted by Gasteiger charge is 2.07. The van der Waals surface area contributed by atoms with Crippen LogP contribution in [0.25, 0.3) is 22.4 Å². The number of hydrogen-bond acceptors (Lipinski definition) is 2. The first-order valence-electron chi connectivity index (χ1n) is 6.51. The zero-order chi connectivity index (χ0) is 13.9. The number of aromatic nitrogens is 2. The first-order valence-corrected chi connectivity index (χ1v) is 6.51. The van der Waals surface area contributed by atoms with E-state index in [0.29, 0.717) is 0 Å². The highest BCUT2D eigenvalue weighted by atomic mass is 16.5. The Bertz CT molecular complexity index is 731. The van der Waals surface area contributed by atoms with Crippen LogP contribution in [0.2, 0.25) is 0 Å². The summed E-state index contributed by atoms with van der Waals surface area (Å²) in [4.78, 5) is 0. The van der Waals surface area contributed by atoms with Crippen molar-refractivity contribution in [2.24, 2.45) is 7.05 Å². The zero-order valence-electron chi connectivity index (χ0n) is 11.6. The Kier molecular flexibility index (Phi) is 3.25. The van der Waals surface area contributed by atoms with Crippen LogP contribution in [-0.4, -0.2) is 16.9 Å². The lowest BCUT2D eigenvalue weighted by Gasteiger charge is -2.09. The van der Waals surface area contributed by atoms with Crippen LogP contribution in [0.15, 0.2) is 60.8 Å². The van der Waals surface area contributed by atoms with Gasteiger partial charge in [-0.15, -0.1) is 0 Å². The van der Waals surface area contributed by atoms with Gasteiger partial charge in [0.15, 0.2) is 0 Å². The molecule has 0 unspecified atom stereocenters. The number of para-hydroxylation sites is 1. The molecule has 0 aliphatic rings. The summed E-state index contributed by atoms with van der Waals surface area (Å²) in [5, 5.41) is 4.44. The Hall–Kier alpha value is -2.55. The van der Waals surface area contributed by atoms with Crippen LogP contribution in [-0.2, 0) is 7.05 Å². The molecule has 1 aromatic heterocycles. The van der Waals surface area contributed by atoms with Gasteiger partial charge in [-0.2, -0.15) is 5.10 Å². The van der Waals surface area contributed by atoms with Crippen molar-refractivity contribution in [1.29, 1.82) is 0 Å². The van der Waals surface area contributed by atoms with E-state index in [1.54, 1.807) is 7.11 Å². The molecule has 3 heteroatoms. The fourth-order valence-electron chi connectivity index (χ4n) is 2.30. The normalized spacial score (nSPS) is 10.5. The molecule has 1 heterocycles. The molecule has 0 aliphatic heterocycles. The van der Waals surface area contributed by atoms with Crippen molar-refractivity contribution in [3.63, 3.8) is 0 Å². The summed E-state index contributed by atoms with van der Waals surface area (Å²) in [6, 6.07) is 18.4. The van der Waals surface area contributed by atoms with Gasteiger partial charge >= 0.3 is 0 Å². The third kappa shape index (κ3) is 2.30. The van der Waals surface area contributed by atoms with Crippen LogP contribution in [0.3, 0.4) is 0 Å². The lowest BCUT2D eigenvalue weighted by atomic mass is 10.0. The number of methoxy groups -OCH3 is 1. The maximum Gasteiger partial charge on any atom is 0.126 e. The lowest BCUT2D eigenvalue weighted by molar-refractivity contribution is 0.416. The van der Waals surface area contributed by atoms with Crippen molar-refractivity contribution >= 4 is 0 Å². The molecule has 0 atom stereocenters. The predicted octanol–water partition coefficient (Wildman–Crippen LogP) is 3.76. The second-order valence-corrected chi connectivity index (χ2v) is 4.66. The van der Waals surface area contributed by atoms with E-state index in [9.17, 15) is 0 Å². The second kappa shape index (κ2) is 5.21. The molecule has 100 valence electrons. The number of hydrogen-bond donors (Lipinski definition) is 0. The quantitative estimate of drug-likeness (QED) is 0.720. The standard InChI is InChI=1S/C17H16N2O/c1-19-11-10-16(18-19)14-7-5-6-13(12-14)15-8-3-4-9-17(15)20-2/h3-12H,1-2H3. The Morgan fingerprint density at radius 1 is 0.950 bits per heavy atom. The summed E-state index contributed by atoms with van der Waals surface area (Å²) in [5.41, 5.74) is 4.30. The molecule has 0 amide bonds. The van der Waals surface area contributed by atoms with Gasteiger partial charge in [-0.3, -0.25) is 4.68 Å². The van der Waals surface area contributed by atoms with Gasteiger partial charge in [0.05, 0.1) is 12.8 Å². The molecule has 0 bridgehead atoms. The summed E-state index contributed by atoms with van der Waals surface area (Å²) >= 11 is 0. The molecule has 0 radical (unpaired) electrons. The summed E-state index contributed by atoms with van der Waals surface area (Å²) in [5.74, 6) is 0.880. The number of nitrogens with zero attached hydrogens (tertiary/aromatic N) is 2. The molecule has 0 saturated carbocycles. The summed E-state index contributed by atoms with van der Waals surface area (Å²) in [6.07, 6.45) is 1.95. The molecular weight excluding hydrogens is 248 g/mol. The largest absolute Gasteiger partial charge is 0.496 e. The Labute approximate surface area is 118 Å². The molecule has 20 heavy (non-hydrogen) atoms. The van der Waals surface area contributed by atoms with E-state index in [2.05, 4.69) is 29.4 Å². The van der Waals surface area contributed by atoms with Crippen LogP contribution in [0.4, 0.5) is 0 Å². The Morgan fingerprint density at radius 2 is 1.75 bits per heavy atom. The van der Waals surface area contributed by atoms with E-state index in [1.807, 2.05) is 48.3 Å². The number of benzene rings is 2. The summed E-state index contributed by atoms with van der Waals surface area (Å²) < 4.78 is 7.24. The van der Waals surface area contributed by atoms with Crippen LogP contribution < -0.4 is 4.74 Å². The van der Waals surface area contributed by atoms with Crippen molar-refractivity contribution in [3.8, 4) is 28.1 Å². The second-order valence-electron chi connectivity index (χ2n) is 4.66. The molecule has 0 fully saturated rings. The van der Waals surface area contributed by atoms with Crippen molar-refractivity contribution in [3.05, 3.63) is 60.8 Å². The molecule has 3 rings (SSSR count). The fraction of sp³-hybridized carbons (Fsp3) is 0.118. The number of aryl methyl sites for hydroxylation is 1. The van der Waals surface area contributed by atoms with E-state index >= 15 is 0 Å². The minimum absolute atomic E-state index is 0.880. The van der Waals surface area contributed by atoms with Gasteiger partial charge in [0.2, 0.25) is 0 Å². The number of rotatable bonds is 3. The van der Waals surface area contributed by atoms with E-state index in [4.69, 9.17) is 4.74 Å². The minimum atomic E-state index is 0.880. The monoisotopic (exact) mass is 264 g/mol. The molecule has 2 aromatic carbocycles. The van der Waals surface area contributed by atoms with Gasteiger partial charge < -0.3 is 4.74 Å². The van der Waals surface area contributed by atoms with E-state index in [1.165, 1.54) is 0 Å². The molecule has 0 N–H and O–H groups in total. The minimum Gasteiger partial charge on any atom is -0.496 e. The average molecular weight is 264 g/mol. The van der Waals surface area contributed by atoms with Gasteiger partial charge in [-0.25, -0.2) is 0 Å². The summed E-state index contributed by atoms with van der Waals surface area (Å²) in [6.45, 7) is 0. The highest BCUT2D eigenvalue weighted by molar-refractivity contribution is 5.75. The predicted molar refractivity (Wildman–Crippen MR) is 80.6 cm³/mol. The molecule has 0 spiro atoms. The van der Waals surface area contributed by atoms with Gasteiger partial charge in [0, 0.05) is 24.4 Å². The zero-order valence-corrected chi connectivity index (χ0v) is 11.6.